The Labute approximate surface area is 333 Å². The molecule has 298 valence electrons. The lowest BCUT2D eigenvalue weighted by Crippen LogP contribution is -2.63. The average molecular weight is 789 g/mol. The van der Waals surface area contributed by atoms with Crippen LogP contribution in [-0.2, 0) is 27.4 Å². The van der Waals surface area contributed by atoms with Crippen LogP contribution in [0.2, 0.25) is 0 Å². The number of halogens is 2. The van der Waals surface area contributed by atoms with Crippen LogP contribution in [0.3, 0.4) is 0 Å². The van der Waals surface area contributed by atoms with Crippen molar-refractivity contribution in [1.29, 1.82) is 5.26 Å². The molecule has 14 heteroatoms. The van der Waals surface area contributed by atoms with Crippen LogP contribution in [0.15, 0.2) is 69.5 Å². The Morgan fingerprint density at radius 3 is 2.29 bits per heavy atom. The fourth-order valence-corrected chi connectivity index (χ4v) is 8.21. The Morgan fingerprint density at radius 1 is 0.966 bits per heavy atom. The summed E-state index contributed by atoms with van der Waals surface area (Å²) in [5.74, 6) is 0.121. The number of nitrogens with one attached hydrogen (secondary N) is 1. The zero-order valence-electron chi connectivity index (χ0n) is 32.4. The van der Waals surface area contributed by atoms with Crippen molar-refractivity contribution in [2.75, 3.05) is 39.9 Å². The number of rotatable bonds is 12. The van der Waals surface area contributed by atoms with Gasteiger partial charge in [0.25, 0.3) is 0 Å². The summed E-state index contributed by atoms with van der Waals surface area (Å²) in [5, 5.41) is 13.2. The lowest BCUT2D eigenvalue weighted by molar-refractivity contribution is -0.147. The number of ether oxygens (including phenoxy) is 3. The molecule has 3 aliphatic rings. The van der Waals surface area contributed by atoms with E-state index in [2.05, 4.69) is 28.2 Å². The Balaban J connectivity index is 0.979. The van der Waals surface area contributed by atoms with Crippen LogP contribution in [0.4, 0.5) is 8.78 Å². The van der Waals surface area contributed by atoms with Crippen LogP contribution >= 0.6 is 0 Å². The van der Waals surface area contributed by atoms with E-state index in [9.17, 15) is 18.8 Å². The quantitative estimate of drug-likeness (QED) is 0.124. The van der Waals surface area contributed by atoms with Gasteiger partial charge in [0.05, 0.1) is 24.8 Å². The summed E-state index contributed by atoms with van der Waals surface area (Å²) in [7, 11) is 2.17. The predicted molar refractivity (Wildman–Crippen MR) is 211 cm³/mol. The average Bonchev–Trinajstić information content (AvgIpc) is 3.95. The van der Waals surface area contributed by atoms with Gasteiger partial charge in [-0.15, -0.1) is 0 Å². The monoisotopic (exact) mass is 788 g/mol. The predicted octanol–water partition coefficient (Wildman–Crippen LogP) is 7.37. The number of carbonyl (C=O) groups excluding carboxylic acids is 1. The third-order valence-electron chi connectivity index (χ3n) is 11.7. The molecular formula is C44H42F2N6O6. The highest BCUT2D eigenvalue weighted by Crippen LogP contribution is 2.39. The first-order valence-corrected chi connectivity index (χ1v) is 19.5. The van der Waals surface area contributed by atoms with Gasteiger partial charge in [-0.3, -0.25) is 14.6 Å². The van der Waals surface area contributed by atoms with E-state index in [1.165, 1.54) is 6.07 Å². The van der Waals surface area contributed by atoms with E-state index in [-0.39, 0.29) is 23.5 Å². The number of carbonyl (C=O) groups is 1. The molecule has 3 fully saturated rings. The van der Waals surface area contributed by atoms with Crippen LogP contribution in [0.5, 0.6) is 5.75 Å². The zero-order chi connectivity index (χ0) is 40.1. The normalized spacial score (nSPS) is 17.6. The fraction of sp³-hybridized carbons (Fsp3) is 0.364. The summed E-state index contributed by atoms with van der Waals surface area (Å²) in [5.41, 5.74) is 8.65. The van der Waals surface area contributed by atoms with Gasteiger partial charge in [0, 0.05) is 48.4 Å². The van der Waals surface area contributed by atoms with E-state index in [0.29, 0.717) is 58.0 Å². The van der Waals surface area contributed by atoms with Gasteiger partial charge >= 0.3 is 12.6 Å². The number of likely N-dealkylation sites (N-methyl/N-ethyl adjacent to an activating group) is 1. The van der Waals surface area contributed by atoms with Crippen LogP contribution in [-0.4, -0.2) is 90.4 Å². The molecule has 2 aromatic heterocycles. The highest BCUT2D eigenvalue weighted by molar-refractivity contribution is 5.86. The molecule has 6 aromatic rings. The van der Waals surface area contributed by atoms with Gasteiger partial charge in [-0.25, -0.2) is 9.97 Å². The summed E-state index contributed by atoms with van der Waals surface area (Å²) in [6.07, 6.45) is 1.52. The van der Waals surface area contributed by atoms with Gasteiger partial charge in [-0.2, -0.15) is 14.0 Å². The molecule has 0 spiro atoms. The van der Waals surface area contributed by atoms with Crippen LogP contribution < -0.4 is 10.1 Å². The van der Waals surface area contributed by atoms with Gasteiger partial charge in [-0.05, 0) is 98.4 Å². The number of hydrogen-bond acceptors (Lipinski definition) is 12. The highest BCUT2D eigenvalue weighted by atomic mass is 19.3. The number of aromatic nitrogens is 2. The molecule has 58 heavy (non-hydrogen) atoms. The maximum Gasteiger partial charge on any atom is 0.387 e. The molecule has 0 aliphatic carbocycles. The molecular weight excluding hydrogens is 747 g/mol. The molecule has 5 heterocycles. The first-order chi connectivity index (χ1) is 28.1. The number of likely N-dealkylation sites (tertiary alicyclic amines) is 1. The number of esters is 1. The molecule has 12 nitrogen and oxygen atoms in total. The first kappa shape index (κ1) is 37.8. The number of alkyl halides is 2. The van der Waals surface area contributed by atoms with E-state index >= 15 is 0 Å². The Bertz CT molecular complexity index is 2570. The van der Waals surface area contributed by atoms with Crippen LogP contribution in [0.1, 0.15) is 40.7 Å². The molecule has 0 unspecified atom stereocenters. The number of nitrogens with zero attached hydrogens (tertiary/aromatic N) is 5. The first-order valence-electron chi connectivity index (χ1n) is 19.5. The topological polar surface area (TPSA) is 139 Å². The minimum absolute atomic E-state index is 0.152. The van der Waals surface area contributed by atoms with E-state index in [1.54, 1.807) is 6.07 Å². The SMILES string of the molecule is Cc1c(-c2nc3cc(COC(=O)[C@@H]4CCCN4)c(OC(F)F)cc3o2)cccc1-c1cccc(-c2nc3cc(CN4CC(N(C)C5COC5)C4)cc(C#N)c3o2)c1C. The van der Waals surface area contributed by atoms with Crippen molar-refractivity contribution in [3.8, 4) is 45.9 Å². The van der Waals surface area contributed by atoms with Gasteiger partial charge in [0.1, 0.15) is 35.5 Å². The Morgan fingerprint density at radius 2 is 1.66 bits per heavy atom. The second-order valence-electron chi connectivity index (χ2n) is 15.4. The summed E-state index contributed by atoms with van der Waals surface area (Å²) < 4.78 is 55.0. The largest absolute Gasteiger partial charge is 0.460 e. The molecule has 0 bridgehead atoms. The van der Waals surface area contributed by atoms with E-state index in [4.69, 9.17) is 33.0 Å². The lowest BCUT2D eigenvalue weighted by atomic mass is 9.91. The van der Waals surface area contributed by atoms with Gasteiger partial charge in [0.2, 0.25) is 11.8 Å². The highest BCUT2D eigenvalue weighted by Gasteiger charge is 2.36. The molecule has 1 N–H and O–H groups in total. The molecule has 0 saturated carbocycles. The summed E-state index contributed by atoms with van der Waals surface area (Å²) in [6.45, 7) is 5.60. The maximum absolute atomic E-state index is 13.4. The maximum atomic E-state index is 13.4. The smallest absolute Gasteiger partial charge is 0.387 e. The number of hydrogen-bond donors (Lipinski definition) is 1. The van der Waals surface area contributed by atoms with Crippen molar-refractivity contribution in [2.45, 2.75) is 64.6 Å². The standard InChI is InChI=1S/C44H42F2N6O6/c1-24-31(7-4-9-33(24)41-49-36-15-28(21-55-43(53)35-11-6-12-48-35)38(57-44(45)46)16-39(36)56-41)32-8-5-10-34(25(32)2)42-50-37-14-26(13-27(17-47)40(37)58-42)18-52-19-29(20-52)51(3)30-22-54-23-30/h4-5,7-10,13-16,29-30,35,44,48H,6,11-12,18-23H2,1-3H3/t35-/m0/s1. The van der Waals surface area contributed by atoms with Crippen LogP contribution in [0.25, 0.3) is 56.2 Å². The second kappa shape index (κ2) is 15.6. The van der Waals surface area contributed by atoms with Gasteiger partial charge in [-0.1, -0.05) is 24.3 Å². The number of nitriles is 1. The molecule has 3 saturated heterocycles. The number of fused-ring (bicyclic) bond motifs is 2. The van der Waals surface area contributed by atoms with Crippen molar-refractivity contribution < 1.29 is 36.6 Å². The second-order valence-corrected chi connectivity index (χ2v) is 15.4. The molecule has 9 rings (SSSR count). The molecule has 1 atom stereocenters. The van der Waals surface area contributed by atoms with Crippen molar-refractivity contribution in [3.63, 3.8) is 0 Å². The Hall–Kier alpha value is -5.72. The summed E-state index contributed by atoms with van der Waals surface area (Å²) in [6, 6.07) is 21.5. The van der Waals surface area contributed by atoms with Crippen molar-refractivity contribution in [3.05, 3.63) is 88.5 Å². The fourth-order valence-electron chi connectivity index (χ4n) is 8.21. The van der Waals surface area contributed by atoms with Crippen molar-refractivity contribution in [1.82, 2.24) is 25.1 Å². The molecule has 0 radical (unpaired) electrons. The number of benzene rings is 4. The van der Waals surface area contributed by atoms with Gasteiger partial charge in [0.15, 0.2) is 11.2 Å². The minimum Gasteiger partial charge on any atom is -0.460 e. The Kier molecular flexibility index (Phi) is 10.1. The van der Waals surface area contributed by atoms with Crippen molar-refractivity contribution >= 4 is 28.2 Å². The minimum atomic E-state index is -3.09. The van der Waals surface area contributed by atoms with E-state index in [0.717, 1.165) is 79.2 Å². The number of oxazole rings is 2. The van der Waals surface area contributed by atoms with Crippen LogP contribution in [0, 0.1) is 25.2 Å². The van der Waals surface area contributed by atoms with E-state index in [1.807, 2.05) is 62.4 Å². The summed E-state index contributed by atoms with van der Waals surface area (Å²) in [4.78, 5) is 27.0. The third-order valence-corrected chi connectivity index (χ3v) is 11.7. The third kappa shape index (κ3) is 7.19. The van der Waals surface area contributed by atoms with Gasteiger partial charge < -0.3 is 28.4 Å². The molecule has 0 amide bonds. The molecule has 3 aliphatic heterocycles. The summed E-state index contributed by atoms with van der Waals surface area (Å²) >= 11 is 0. The zero-order valence-corrected chi connectivity index (χ0v) is 32.4. The molecule has 4 aromatic carbocycles. The van der Waals surface area contributed by atoms with E-state index < -0.39 is 18.6 Å². The lowest BCUT2D eigenvalue weighted by Gasteiger charge is -2.48. The van der Waals surface area contributed by atoms with Crippen molar-refractivity contribution in [2.24, 2.45) is 0 Å².